The second-order valence-electron chi connectivity index (χ2n) is 6.50. The summed E-state index contributed by atoms with van der Waals surface area (Å²) >= 11 is 0. The number of hydrogen-bond donors (Lipinski definition) is 1. The second-order valence-corrected chi connectivity index (χ2v) is 8.40. The van der Waals surface area contributed by atoms with Crippen LogP contribution in [0.5, 0.6) is 0 Å². The third-order valence-corrected chi connectivity index (χ3v) is 6.16. The quantitative estimate of drug-likeness (QED) is 0.932. The molecule has 1 aromatic carbocycles. The van der Waals surface area contributed by atoms with Crippen molar-refractivity contribution in [2.75, 3.05) is 19.6 Å². The van der Waals surface area contributed by atoms with Gasteiger partial charge < -0.3 is 5.32 Å². The summed E-state index contributed by atoms with van der Waals surface area (Å²) < 4.78 is 27.8. The highest BCUT2D eigenvalue weighted by atomic mass is 32.2. The van der Waals surface area contributed by atoms with E-state index < -0.39 is 10.0 Å². The Morgan fingerprint density at radius 1 is 1.35 bits per heavy atom. The van der Waals surface area contributed by atoms with E-state index in [0.717, 1.165) is 17.2 Å². The molecular formula is C17H23N3O2S. The Kier molecular flexibility index (Phi) is 4.66. The van der Waals surface area contributed by atoms with E-state index in [1.807, 2.05) is 6.07 Å². The maximum atomic E-state index is 13.1. The van der Waals surface area contributed by atoms with Crippen molar-refractivity contribution < 1.29 is 8.42 Å². The molecule has 0 bridgehead atoms. The lowest BCUT2D eigenvalue weighted by Crippen LogP contribution is -2.52. The van der Waals surface area contributed by atoms with Crippen LogP contribution < -0.4 is 5.32 Å². The lowest BCUT2D eigenvalue weighted by atomic mass is 10.0. The molecule has 2 aromatic rings. The fourth-order valence-corrected chi connectivity index (χ4v) is 4.90. The topological polar surface area (TPSA) is 62.3 Å². The number of rotatable bonds is 4. The van der Waals surface area contributed by atoms with E-state index in [1.165, 1.54) is 0 Å². The number of aromatic nitrogens is 1. The molecule has 1 atom stereocenters. The first-order valence-electron chi connectivity index (χ1n) is 8.05. The van der Waals surface area contributed by atoms with Crippen molar-refractivity contribution in [3.8, 4) is 0 Å². The third-order valence-electron chi connectivity index (χ3n) is 4.23. The van der Waals surface area contributed by atoms with Crippen molar-refractivity contribution in [2.24, 2.45) is 5.92 Å². The summed E-state index contributed by atoms with van der Waals surface area (Å²) in [4.78, 5) is 4.45. The van der Waals surface area contributed by atoms with Crippen LogP contribution in [0.2, 0.25) is 0 Å². The van der Waals surface area contributed by atoms with E-state index >= 15 is 0 Å². The Morgan fingerprint density at radius 3 is 2.96 bits per heavy atom. The van der Waals surface area contributed by atoms with Crippen LogP contribution in [0.3, 0.4) is 0 Å². The molecule has 1 saturated heterocycles. The first-order chi connectivity index (χ1) is 11.0. The van der Waals surface area contributed by atoms with E-state index in [-0.39, 0.29) is 6.04 Å². The fraction of sp³-hybridized carbons (Fsp3) is 0.471. The zero-order chi connectivity index (χ0) is 16.4. The molecule has 2 heterocycles. The molecule has 0 amide bonds. The first kappa shape index (κ1) is 16.4. The van der Waals surface area contributed by atoms with Gasteiger partial charge in [0.1, 0.15) is 0 Å². The van der Waals surface area contributed by atoms with Crippen molar-refractivity contribution in [2.45, 2.75) is 31.2 Å². The van der Waals surface area contributed by atoms with Crippen molar-refractivity contribution in [3.05, 3.63) is 36.7 Å². The maximum absolute atomic E-state index is 13.1. The maximum Gasteiger partial charge on any atom is 0.243 e. The molecule has 1 N–H and O–H groups in total. The van der Waals surface area contributed by atoms with E-state index in [9.17, 15) is 8.42 Å². The highest BCUT2D eigenvalue weighted by Gasteiger charge is 2.31. The minimum Gasteiger partial charge on any atom is -0.311 e. The summed E-state index contributed by atoms with van der Waals surface area (Å²) in [6.07, 6.45) is 4.32. The van der Waals surface area contributed by atoms with Crippen LogP contribution in [-0.2, 0) is 10.0 Å². The molecule has 0 spiro atoms. The molecule has 0 saturated carbocycles. The first-order valence-corrected chi connectivity index (χ1v) is 9.49. The van der Waals surface area contributed by atoms with Gasteiger partial charge in [-0.25, -0.2) is 8.42 Å². The standard InChI is InChI=1S/C17H23N3O2S/c1-13(2)10-15-12-20(9-8-19-15)23(21,22)17-5-3-4-14-11-18-7-6-16(14)17/h3-7,11,13,15,19H,8-10,12H2,1-2H3. The van der Waals surface area contributed by atoms with E-state index in [4.69, 9.17) is 0 Å². The van der Waals surface area contributed by atoms with Gasteiger partial charge in [-0.05, 0) is 24.5 Å². The van der Waals surface area contributed by atoms with Crippen LogP contribution in [-0.4, -0.2) is 43.4 Å². The average Bonchev–Trinajstić information content (AvgIpc) is 2.54. The number of hydrogen-bond acceptors (Lipinski definition) is 4. The highest BCUT2D eigenvalue weighted by molar-refractivity contribution is 7.89. The van der Waals surface area contributed by atoms with Gasteiger partial charge in [-0.3, -0.25) is 4.98 Å². The Bertz CT molecular complexity index is 784. The number of fused-ring (bicyclic) bond motifs is 1. The molecule has 0 aliphatic carbocycles. The molecule has 1 fully saturated rings. The molecule has 23 heavy (non-hydrogen) atoms. The Morgan fingerprint density at radius 2 is 2.17 bits per heavy atom. The Balaban J connectivity index is 1.94. The van der Waals surface area contributed by atoms with Crippen molar-refractivity contribution in [1.82, 2.24) is 14.6 Å². The van der Waals surface area contributed by atoms with Crippen molar-refractivity contribution in [3.63, 3.8) is 0 Å². The number of nitrogens with zero attached hydrogens (tertiary/aromatic N) is 2. The molecule has 1 aliphatic heterocycles. The third kappa shape index (κ3) is 3.39. The van der Waals surface area contributed by atoms with Gasteiger partial charge in [0.05, 0.1) is 4.90 Å². The largest absolute Gasteiger partial charge is 0.311 e. The lowest BCUT2D eigenvalue weighted by molar-refractivity contribution is 0.272. The number of pyridine rings is 1. The number of sulfonamides is 1. The van der Waals surface area contributed by atoms with Crippen molar-refractivity contribution >= 4 is 20.8 Å². The van der Waals surface area contributed by atoms with Crippen LogP contribution in [0.25, 0.3) is 10.8 Å². The van der Waals surface area contributed by atoms with Gasteiger partial charge in [0, 0.05) is 48.8 Å². The predicted molar refractivity (Wildman–Crippen MR) is 91.7 cm³/mol. The zero-order valence-corrected chi connectivity index (χ0v) is 14.4. The van der Waals surface area contributed by atoms with Gasteiger partial charge >= 0.3 is 0 Å². The summed E-state index contributed by atoms with van der Waals surface area (Å²) in [7, 11) is -3.49. The minimum atomic E-state index is -3.49. The molecule has 6 heteroatoms. The molecule has 0 radical (unpaired) electrons. The number of benzene rings is 1. The SMILES string of the molecule is CC(C)CC1CN(S(=O)(=O)c2cccc3cnccc23)CCN1. The van der Waals surface area contributed by atoms with Crippen molar-refractivity contribution in [1.29, 1.82) is 0 Å². The predicted octanol–water partition coefficient (Wildman–Crippen LogP) is 2.24. The summed E-state index contributed by atoms with van der Waals surface area (Å²) in [5.41, 5.74) is 0. The van der Waals surface area contributed by atoms with Crippen LogP contribution in [0.4, 0.5) is 0 Å². The number of nitrogens with one attached hydrogen (secondary N) is 1. The van der Waals surface area contributed by atoms with Crippen LogP contribution in [0.1, 0.15) is 20.3 Å². The molecule has 5 nitrogen and oxygen atoms in total. The minimum absolute atomic E-state index is 0.218. The summed E-state index contributed by atoms with van der Waals surface area (Å²) in [5.74, 6) is 0.541. The average molecular weight is 333 g/mol. The zero-order valence-electron chi connectivity index (χ0n) is 13.6. The van der Waals surface area contributed by atoms with Gasteiger partial charge in [0.15, 0.2) is 0 Å². The lowest BCUT2D eigenvalue weighted by Gasteiger charge is -2.34. The molecule has 1 unspecified atom stereocenters. The summed E-state index contributed by atoms with van der Waals surface area (Å²) in [6, 6.07) is 7.36. The van der Waals surface area contributed by atoms with Gasteiger partial charge in [0.25, 0.3) is 0 Å². The second kappa shape index (κ2) is 6.55. The Labute approximate surface area is 137 Å². The van der Waals surface area contributed by atoms with Gasteiger partial charge in [-0.15, -0.1) is 0 Å². The summed E-state index contributed by atoms with van der Waals surface area (Å²) in [5, 5.41) is 5.01. The van der Waals surface area contributed by atoms with Crippen LogP contribution in [0, 0.1) is 5.92 Å². The normalized spacial score (nSPS) is 20.2. The summed E-state index contributed by atoms with van der Waals surface area (Å²) in [6.45, 7) is 6.06. The van der Waals surface area contributed by atoms with Gasteiger partial charge in [0.2, 0.25) is 10.0 Å². The molecule has 1 aromatic heterocycles. The Hall–Kier alpha value is -1.50. The van der Waals surface area contributed by atoms with Gasteiger partial charge in [-0.2, -0.15) is 4.31 Å². The van der Waals surface area contributed by atoms with E-state index in [1.54, 1.807) is 34.9 Å². The highest BCUT2D eigenvalue weighted by Crippen LogP contribution is 2.26. The molecule has 1 aliphatic rings. The fourth-order valence-electron chi connectivity index (χ4n) is 3.20. The molecule has 3 rings (SSSR count). The van der Waals surface area contributed by atoms with E-state index in [2.05, 4.69) is 24.1 Å². The van der Waals surface area contributed by atoms with E-state index in [0.29, 0.717) is 30.4 Å². The molecule has 124 valence electrons. The monoisotopic (exact) mass is 333 g/mol. The van der Waals surface area contributed by atoms with Gasteiger partial charge in [-0.1, -0.05) is 26.0 Å². The number of piperazine rings is 1. The molecular weight excluding hydrogens is 310 g/mol. The smallest absolute Gasteiger partial charge is 0.243 e. The van der Waals surface area contributed by atoms with Crippen LogP contribution >= 0.6 is 0 Å². The van der Waals surface area contributed by atoms with Crippen LogP contribution in [0.15, 0.2) is 41.6 Å².